The van der Waals surface area contributed by atoms with Crippen molar-refractivity contribution in [1.29, 1.82) is 0 Å². The van der Waals surface area contributed by atoms with Crippen molar-refractivity contribution >= 4 is 23.4 Å². The highest BCUT2D eigenvalue weighted by Crippen LogP contribution is 2.25. The van der Waals surface area contributed by atoms with Crippen LogP contribution in [-0.2, 0) is 4.79 Å². The number of para-hydroxylation sites is 1. The van der Waals surface area contributed by atoms with Gasteiger partial charge in [-0.05, 0) is 50.2 Å². The molecule has 2 rings (SSSR count). The van der Waals surface area contributed by atoms with E-state index >= 15 is 0 Å². The van der Waals surface area contributed by atoms with E-state index in [9.17, 15) is 4.79 Å². The predicted octanol–water partition coefficient (Wildman–Crippen LogP) is 2.74. The summed E-state index contributed by atoms with van der Waals surface area (Å²) in [5, 5.41) is 6.36. The van der Waals surface area contributed by atoms with Crippen molar-refractivity contribution in [3.05, 3.63) is 24.3 Å². The van der Waals surface area contributed by atoms with E-state index in [1.165, 1.54) is 6.42 Å². The van der Waals surface area contributed by atoms with Gasteiger partial charge < -0.3 is 10.6 Å². The van der Waals surface area contributed by atoms with Crippen LogP contribution in [-0.4, -0.2) is 25.3 Å². The molecule has 3 nitrogen and oxygen atoms in total. The van der Waals surface area contributed by atoms with Crippen LogP contribution in [0.3, 0.4) is 0 Å². The molecule has 1 saturated heterocycles. The summed E-state index contributed by atoms with van der Waals surface area (Å²) in [6, 6.07) is 7.94. The molecular weight excluding hydrogens is 244 g/mol. The molecule has 0 saturated carbocycles. The number of amides is 1. The lowest BCUT2D eigenvalue weighted by Crippen LogP contribution is -2.32. The Labute approximate surface area is 113 Å². The maximum absolute atomic E-state index is 12.0. The summed E-state index contributed by atoms with van der Waals surface area (Å²) in [4.78, 5) is 13.1. The highest BCUT2D eigenvalue weighted by Gasteiger charge is 2.17. The molecule has 0 aliphatic carbocycles. The quantitative estimate of drug-likeness (QED) is 0.822. The lowest BCUT2D eigenvalue weighted by molar-refractivity contribution is -0.117. The summed E-state index contributed by atoms with van der Waals surface area (Å²) in [5.74, 6) is 0.616. The molecule has 1 amide bonds. The SMILES string of the molecule is CSc1ccccc1NC(=O)CC1CCCNC1. The molecule has 1 aliphatic rings. The Bertz CT molecular complexity index is 403. The number of anilines is 1. The van der Waals surface area contributed by atoms with Crippen LogP contribution in [0.2, 0.25) is 0 Å². The predicted molar refractivity (Wildman–Crippen MR) is 77.1 cm³/mol. The van der Waals surface area contributed by atoms with Gasteiger partial charge >= 0.3 is 0 Å². The van der Waals surface area contributed by atoms with E-state index in [2.05, 4.69) is 10.6 Å². The van der Waals surface area contributed by atoms with Crippen LogP contribution in [0.1, 0.15) is 19.3 Å². The van der Waals surface area contributed by atoms with Crippen LogP contribution < -0.4 is 10.6 Å². The van der Waals surface area contributed by atoms with Crippen LogP contribution in [0.4, 0.5) is 5.69 Å². The van der Waals surface area contributed by atoms with Crippen molar-refractivity contribution in [2.45, 2.75) is 24.2 Å². The Morgan fingerprint density at radius 1 is 1.50 bits per heavy atom. The third-order valence-corrected chi connectivity index (χ3v) is 4.05. The van der Waals surface area contributed by atoms with Crippen LogP contribution in [0, 0.1) is 5.92 Å². The minimum atomic E-state index is 0.130. The smallest absolute Gasteiger partial charge is 0.224 e. The topological polar surface area (TPSA) is 41.1 Å². The molecule has 0 radical (unpaired) electrons. The van der Waals surface area contributed by atoms with E-state index in [4.69, 9.17) is 0 Å². The van der Waals surface area contributed by atoms with Gasteiger partial charge in [-0.2, -0.15) is 0 Å². The number of piperidine rings is 1. The molecule has 1 fully saturated rings. The molecule has 0 aromatic heterocycles. The molecular formula is C14H20N2OS. The monoisotopic (exact) mass is 264 g/mol. The zero-order valence-electron chi connectivity index (χ0n) is 10.7. The minimum absolute atomic E-state index is 0.130. The van der Waals surface area contributed by atoms with Crippen LogP contribution in [0.5, 0.6) is 0 Å². The molecule has 1 aromatic rings. The number of hydrogen-bond donors (Lipinski definition) is 2. The van der Waals surface area contributed by atoms with Gasteiger partial charge in [0, 0.05) is 11.3 Å². The fourth-order valence-corrected chi connectivity index (χ4v) is 2.86. The van der Waals surface area contributed by atoms with Gasteiger partial charge in [0.25, 0.3) is 0 Å². The van der Waals surface area contributed by atoms with Crippen molar-refractivity contribution in [2.75, 3.05) is 24.7 Å². The number of nitrogens with one attached hydrogen (secondary N) is 2. The van der Waals surface area contributed by atoms with E-state index in [-0.39, 0.29) is 5.91 Å². The lowest BCUT2D eigenvalue weighted by atomic mass is 9.96. The third kappa shape index (κ3) is 3.75. The summed E-state index contributed by atoms with van der Waals surface area (Å²) >= 11 is 1.66. The fraction of sp³-hybridized carbons (Fsp3) is 0.500. The number of carbonyl (C=O) groups excluding carboxylic acids is 1. The standard InChI is InChI=1S/C14H20N2OS/c1-18-13-7-3-2-6-12(13)16-14(17)9-11-5-4-8-15-10-11/h2-3,6-7,11,15H,4-5,8-10H2,1H3,(H,16,17). The second-order valence-corrected chi connectivity index (χ2v) is 5.51. The second-order valence-electron chi connectivity index (χ2n) is 4.66. The zero-order valence-corrected chi connectivity index (χ0v) is 11.6. The summed E-state index contributed by atoms with van der Waals surface area (Å²) in [6.07, 6.45) is 4.98. The highest BCUT2D eigenvalue weighted by molar-refractivity contribution is 7.98. The van der Waals surface area contributed by atoms with Gasteiger partial charge in [0.1, 0.15) is 0 Å². The molecule has 98 valence electrons. The largest absolute Gasteiger partial charge is 0.325 e. The Kier molecular flexibility index (Phi) is 5.08. The van der Waals surface area contributed by atoms with Crippen LogP contribution in [0.15, 0.2) is 29.2 Å². The molecule has 1 atom stereocenters. The average molecular weight is 264 g/mol. The lowest BCUT2D eigenvalue weighted by Gasteiger charge is -2.22. The summed E-state index contributed by atoms with van der Waals surface area (Å²) in [7, 11) is 0. The Hall–Kier alpha value is -1.00. The minimum Gasteiger partial charge on any atom is -0.325 e. The first kappa shape index (κ1) is 13.4. The van der Waals surface area contributed by atoms with E-state index in [1.54, 1.807) is 11.8 Å². The highest BCUT2D eigenvalue weighted by atomic mass is 32.2. The van der Waals surface area contributed by atoms with Gasteiger partial charge in [-0.3, -0.25) is 4.79 Å². The number of hydrogen-bond acceptors (Lipinski definition) is 3. The molecule has 18 heavy (non-hydrogen) atoms. The van der Waals surface area contributed by atoms with Crippen LogP contribution in [0.25, 0.3) is 0 Å². The number of thioether (sulfide) groups is 1. The normalized spacial score (nSPS) is 19.5. The van der Waals surface area contributed by atoms with Crippen molar-refractivity contribution in [3.8, 4) is 0 Å². The molecule has 1 aromatic carbocycles. The molecule has 0 bridgehead atoms. The van der Waals surface area contributed by atoms with E-state index in [0.717, 1.165) is 30.1 Å². The second kappa shape index (κ2) is 6.81. The summed E-state index contributed by atoms with van der Waals surface area (Å²) in [5.41, 5.74) is 0.929. The van der Waals surface area contributed by atoms with Crippen LogP contribution >= 0.6 is 11.8 Å². The van der Waals surface area contributed by atoms with Crippen molar-refractivity contribution < 1.29 is 4.79 Å². The van der Waals surface area contributed by atoms with Gasteiger partial charge in [0.2, 0.25) is 5.91 Å². The van der Waals surface area contributed by atoms with Gasteiger partial charge in [-0.15, -0.1) is 11.8 Å². The third-order valence-electron chi connectivity index (χ3n) is 3.25. The molecule has 1 heterocycles. The molecule has 4 heteroatoms. The van der Waals surface area contributed by atoms with Crippen molar-refractivity contribution in [3.63, 3.8) is 0 Å². The van der Waals surface area contributed by atoms with E-state index in [1.807, 2.05) is 30.5 Å². The number of rotatable bonds is 4. The Morgan fingerprint density at radius 3 is 3.06 bits per heavy atom. The Morgan fingerprint density at radius 2 is 2.33 bits per heavy atom. The molecule has 2 N–H and O–H groups in total. The van der Waals surface area contributed by atoms with Gasteiger partial charge in [0.15, 0.2) is 0 Å². The number of benzene rings is 1. The molecule has 1 unspecified atom stereocenters. The fourth-order valence-electron chi connectivity index (χ4n) is 2.31. The maximum atomic E-state index is 12.0. The zero-order chi connectivity index (χ0) is 12.8. The van der Waals surface area contributed by atoms with Gasteiger partial charge in [-0.1, -0.05) is 12.1 Å². The first-order chi connectivity index (χ1) is 8.79. The van der Waals surface area contributed by atoms with E-state index in [0.29, 0.717) is 12.3 Å². The summed E-state index contributed by atoms with van der Waals surface area (Å²) in [6.45, 7) is 2.06. The van der Waals surface area contributed by atoms with Gasteiger partial charge in [0.05, 0.1) is 5.69 Å². The van der Waals surface area contributed by atoms with Gasteiger partial charge in [-0.25, -0.2) is 0 Å². The Balaban J connectivity index is 1.90. The maximum Gasteiger partial charge on any atom is 0.224 e. The molecule has 0 spiro atoms. The van der Waals surface area contributed by atoms with E-state index < -0.39 is 0 Å². The number of carbonyl (C=O) groups is 1. The average Bonchev–Trinajstić information content (AvgIpc) is 2.40. The first-order valence-electron chi connectivity index (χ1n) is 6.43. The molecule has 1 aliphatic heterocycles. The van der Waals surface area contributed by atoms with Crippen molar-refractivity contribution in [2.24, 2.45) is 5.92 Å². The first-order valence-corrected chi connectivity index (χ1v) is 7.65. The summed E-state index contributed by atoms with van der Waals surface area (Å²) < 4.78 is 0. The van der Waals surface area contributed by atoms with Crippen molar-refractivity contribution in [1.82, 2.24) is 5.32 Å².